The highest BCUT2D eigenvalue weighted by Crippen LogP contribution is 2.30. The maximum absolute atomic E-state index is 11.2. The number of unbranched alkanes of at least 4 members (excludes halogenated alkanes) is 4. The van der Waals surface area contributed by atoms with Gasteiger partial charge in [-0.1, -0.05) is 106 Å². The van der Waals surface area contributed by atoms with Crippen LogP contribution in [0.4, 0.5) is 0 Å². The van der Waals surface area contributed by atoms with Gasteiger partial charge in [0, 0.05) is 31.9 Å². The second-order valence-electron chi connectivity index (χ2n) is 9.01. The van der Waals surface area contributed by atoms with Gasteiger partial charge in [0.05, 0.1) is 6.33 Å². The minimum absolute atomic E-state index is 0.200. The molecule has 1 aliphatic heterocycles. The van der Waals surface area contributed by atoms with E-state index in [1.165, 1.54) is 50.5 Å². The third-order valence-corrected chi connectivity index (χ3v) is 4.96. The van der Waals surface area contributed by atoms with Gasteiger partial charge in [0.2, 0.25) is 5.91 Å². The summed E-state index contributed by atoms with van der Waals surface area (Å²) in [4.78, 5) is 15.0. The average molecular weight is 564 g/mol. The molecule has 2 aliphatic rings. The van der Waals surface area contributed by atoms with Crippen molar-refractivity contribution in [1.29, 1.82) is 0 Å². The quantitative estimate of drug-likeness (QED) is 0.325. The van der Waals surface area contributed by atoms with Crippen molar-refractivity contribution in [3.8, 4) is 11.5 Å². The Balaban J connectivity index is -0.000000461. The Morgan fingerprint density at radius 2 is 1.48 bits per heavy atom. The van der Waals surface area contributed by atoms with Gasteiger partial charge in [-0.3, -0.25) is 4.79 Å². The SMILES string of the molecule is C1CC1.CC.CC.CC.CCCCCCCC(=O)NC(C)C.CCc1ccc2c(c1)OCCO2.Cn1ccnc1. The zero-order valence-electron chi connectivity index (χ0n) is 28.1. The van der Waals surface area contributed by atoms with Crippen LogP contribution in [0.2, 0.25) is 0 Å². The molecule has 2 aromatic rings. The summed E-state index contributed by atoms with van der Waals surface area (Å²) in [5.41, 5.74) is 1.29. The molecule has 0 radical (unpaired) electrons. The fraction of sp³-hybridized carbons (Fsp3) is 0.706. The summed E-state index contributed by atoms with van der Waals surface area (Å²) in [5, 5.41) is 2.89. The molecule has 1 aromatic carbocycles. The fourth-order valence-corrected chi connectivity index (χ4v) is 2.92. The molecule has 6 heteroatoms. The number of aryl methyl sites for hydroxylation is 2. The van der Waals surface area contributed by atoms with Crippen molar-refractivity contribution in [2.75, 3.05) is 13.2 Å². The summed E-state index contributed by atoms with van der Waals surface area (Å²) in [5.74, 6) is 1.96. The maximum Gasteiger partial charge on any atom is 0.220 e. The van der Waals surface area contributed by atoms with Crippen molar-refractivity contribution in [3.05, 3.63) is 42.5 Å². The Morgan fingerprint density at radius 3 is 1.90 bits per heavy atom. The number of carbonyl (C=O) groups is 1. The van der Waals surface area contributed by atoms with Crippen molar-refractivity contribution < 1.29 is 14.3 Å². The number of nitrogens with one attached hydrogen (secondary N) is 1. The highest BCUT2D eigenvalue weighted by atomic mass is 16.6. The van der Waals surface area contributed by atoms with E-state index in [1.54, 1.807) is 12.5 Å². The topological polar surface area (TPSA) is 65.4 Å². The summed E-state index contributed by atoms with van der Waals surface area (Å²) in [7, 11) is 1.94. The van der Waals surface area contributed by atoms with Crippen LogP contribution < -0.4 is 14.8 Å². The zero-order valence-corrected chi connectivity index (χ0v) is 28.1. The smallest absolute Gasteiger partial charge is 0.220 e. The first kappa shape index (κ1) is 42.0. The van der Waals surface area contributed by atoms with Crippen LogP contribution >= 0.6 is 0 Å². The van der Waals surface area contributed by atoms with Gasteiger partial charge >= 0.3 is 0 Å². The Bertz CT molecular complexity index is 757. The second-order valence-corrected chi connectivity index (χ2v) is 9.01. The van der Waals surface area contributed by atoms with E-state index in [0.717, 1.165) is 24.3 Å². The van der Waals surface area contributed by atoms with Gasteiger partial charge in [0.1, 0.15) is 13.2 Å². The molecule has 1 N–H and O–H groups in total. The first-order chi connectivity index (χ1) is 19.5. The van der Waals surface area contributed by atoms with E-state index in [9.17, 15) is 4.79 Å². The molecule has 1 aromatic heterocycles. The Labute approximate surface area is 248 Å². The third-order valence-electron chi connectivity index (χ3n) is 4.96. The lowest BCUT2D eigenvalue weighted by Gasteiger charge is -2.18. The molecule has 1 fully saturated rings. The van der Waals surface area contributed by atoms with Crippen LogP contribution in [-0.4, -0.2) is 34.7 Å². The molecule has 1 amide bonds. The lowest BCUT2D eigenvalue weighted by Crippen LogP contribution is -2.29. The molecular formula is C34H65N3O3. The number of ether oxygens (including phenoxy) is 2. The summed E-state index contributed by atoms with van der Waals surface area (Å²) >= 11 is 0. The van der Waals surface area contributed by atoms with Crippen LogP contribution in [0.1, 0.15) is 133 Å². The fourth-order valence-electron chi connectivity index (χ4n) is 2.92. The molecule has 40 heavy (non-hydrogen) atoms. The van der Waals surface area contributed by atoms with Gasteiger partial charge in [0.25, 0.3) is 0 Å². The number of aromatic nitrogens is 2. The molecule has 0 atom stereocenters. The first-order valence-electron chi connectivity index (χ1n) is 16.1. The van der Waals surface area contributed by atoms with Gasteiger partial charge < -0.3 is 19.4 Å². The molecule has 0 saturated heterocycles. The van der Waals surface area contributed by atoms with Crippen molar-refractivity contribution in [1.82, 2.24) is 14.9 Å². The molecular weight excluding hydrogens is 498 g/mol. The standard InChI is InChI=1S/C11H23NO.C10H12O2.C4H6N2.C3H6.3C2H6/c1-4-5-6-7-8-9-11(13)12-10(2)3;1-2-8-3-4-9-10(7-8)12-6-5-11-9;1-6-3-2-5-4-6;1-2-3-1;3*1-2/h10H,4-9H2,1-3H3,(H,12,13);3-4,7H,2,5-6H2,1H3;2-4H,1H3;1-3H2;3*1-2H3. The number of fused-ring (bicyclic) bond motifs is 1. The summed E-state index contributed by atoms with van der Waals surface area (Å²) in [6, 6.07) is 6.39. The molecule has 234 valence electrons. The monoisotopic (exact) mass is 564 g/mol. The summed E-state index contributed by atoms with van der Waals surface area (Å²) in [6.07, 6.45) is 17.7. The molecule has 1 aliphatic carbocycles. The predicted octanol–water partition coefficient (Wildman–Crippen LogP) is 9.56. The van der Waals surface area contributed by atoms with Gasteiger partial charge in [0.15, 0.2) is 11.5 Å². The lowest BCUT2D eigenvalue weighted by atomic mass is 10.1. The van der Waals surface area contributed by atoms with E-state index in [2.05, 4.69) is 36.3 Å². The van der Waals surface area contributed by atoms with Crippen molar-refractivity contribution in [3.63, 3.8) is 0 Å². The molecule has 2 heterocycles. The maximum atomic E-state index is 11.2. The molecule has 6 nitrogen and oxygen atoms in total. The van der Waals surface area contributed by atoms with Crippen molar-refractivity contribution in [2.45, 2.75) is 139 Å². The minimum Gasteiger partial charge on any atom is -0.486 e. The van der Waals surface area contributed by atoms with Gasteiger partial charge in [-0.25, -0.2) is 4.98 Å². The number of rotatable bonds is 8. The first-order valence-corrected chi connectivity index (χ1v) is 16.1. The number of nitrogens with zero attached hydrogens (tertiary/aromatic N) is 2. The van der Waals surface area contributed by atoms with Crippen LogP contribution in [0, 0.1) is 0 Å². The predicted molar refractivity (Wildman–Crippen MR) is 175 cm³/mol. The second kappa shape index (κ2) is 32.7. The van der Waals surface area contributed by atoms with Crippen LogP contribution in [0.15, 0.2) is 36.9 Å². The third kappa shape index (κ3) is 28.5. The largest absolute Gasteiger partial charge is 0.486 e. The summed E-state index contributed by atoms with van der Waals surface area (Å²) < 4.78 is 12.7. The Hall–Kier alpha value is -2.50. The number of imidazole rings is 1. The van der Waals surface area contributed by atoms with Gasteiger partial charge in [-0.05, 0) is 44.4 Å². The molecule has 4 rings (SSSR count). The summed E-state index contributed by atoms with van der Waals surface area (Å²) in [6.45, 7) is 21.7. The molecule has 0 unspecified atom stereocenters. The zero-order chi connectivity index (χ0) is 31.0. The van der Waals surface area contributed by atoms with Crippen LogP contribution in [0.3, 0.4) is 0 Å². The highest BCUT2D eigenvalue weighted by molar-refractivity contribution is 5.76. The highest BCUT2D eigenvalue weighted by Gasteiger charge is 2.10. The van der Waals surface area contributed by atoms with E-state index >= 15 is 0 Å². The molecule has 0 spiro atoms. The van der Waals surface area contributed by atoms with Gasteiger partial charge in [-0.2, -0.15) is 0 Å². The van der Waals surface area contributed by atoms with Crippen LogP contribution in [-0.2, 0) is 18.3 Å². The van der Waals surface area contributed by atoms with Crippen LogP contribution in [0.5, 0.6) is 11.5 Å². The van der Waals surface area contributed by atoms with E-state index in [4.69, 9.17) is 9.47 Å². The Kier molecular flexibility index (Phi) is 34.3. The van der Waals surface area contributed by atoms with Gasteiger partial charge in [-0.15, -0.1) is 0 Å². The number of benzene rings is 1. The number of amides is 1. The van der Waals surface area contributed by atoms with E-state index in [1.807, 2.05) is 79.3 Å². The average Bonchev–Trinajstić information content (AvgIpc) is 3.81. The number of carbonyl (C=O) groups excluding carboxylic acids is 1. The number of hydrogen-bond donors (Lipinski definition) is 1. The minimum atomic E-state index is 0.200. The number of hydrogen-bond acceptors (Lipinski definition) is 4. The lowest BCUT2D eigenvalue weighted by molar-refractivity contribution is -0.121. The normalized spacial score (nSPS) is 11.3. The van der Waals surface area contributed by atoms with E-state index in [-0.39, 0.29) is 11.9 Å². The van der Waals surface area contributed by atoms with Crippen LogP contribution in [0.25, 0.3) is 0 Å². The molecule has 1 saturated carbocycles. The van der Waals surface area contributed by atoms with Crippen molar-refractivity contribution >= 4 is 5.91 Å². The Morgan fingerprint density at radius 1 is 0.900 bits per heavy atom. The molecule has 0 bridgehead atoms. The van der Waals surface area contributed by atoms with E-state index < -0.39 is 0 Å². The van der Waals surface area contributed by atoms with Crippen molar-refractivity contribution in [2.24, 2.45) is 7.05 Å². The van der Waals surface area contributed by atoms with E-state index in [0.29, 0.717) is 19.6 Å².